The molecule has 8 nitrogen and oxygen atoms in total. The minimum absolute atomic E-state index is 0.0282. The van der Waals surface area contributed by atoms with Gasteiger partial charge in [0.15, 0.2) is 0 Å². The van der Waals surface area contributed by atoms with E-state index in [0.29, 0.717) is 23.9 Å². The lowest BCUT2D eigenvalue weighted by molar-refractivity contribution is 0.101. The first kappa shape index (κ1) is 18.2. The maximum absolute atomic E-state index is 13.1. The molecule has 1 amide bonds. The summed E-state index contributed by atoms with van der Waals surface area (Å²) in [5.41, 5.74) is 1.25. The van der Waals surface area contributed by atoms with E-state index in [1.54, 1.807) is 37.6 Å². The second-order valence-electron chi connectivity index (χ2n) is 6.69. The van der Waals surface area contributed by atoms with Crippen molar-refractivity contribution >= 4 is 11.7 Å². The van der Waals surface area contributed by atoms with Crippen LogP contribution in [-0.2, 0) is 13.6 Å². The fraction of sp³-hybridized carbons (Fsp3) is 0.316. The zero-order valence-corrected chi connectivity index (χ0v) is 15.4. The van der Waals surface area contributed by atoms with Crippen LogP contribution in [0.5, 0.6) is 0 Å². The summed E-state index contributed by atoms with van der Waals surface area (Å²) in [6.07, 6.45) is 6.38. The van der Waals surface area contributed by atoms with Gasteiger partial charge in [-0.1, -0.05) is 0 Å². The molecule has 1 N–H and O–H groups in total. The van der Waals surface area contributed by atoms with Gasteiger partial charge in [0, 0.05) is 26.0 Å². The monoisotopic (exact) mass is 381 g/mol. The van der Waals surface area contributed by atoms with Gasteiger partial charge in [-0.3, -0.25) is 19.4 Å². The molecule has 3 aromatic heterocycles. The van der Waals surface area contributed by atoms with Crippen LogP contribution in [0.3, 0.4) is 0 Å². The summed E-state index contributed by atoms with van der Waals surface area (Å²) in [4.78, 5) is 27.7. The molecule has 0 aromatic carbocycles. The van der Waals surface area contributed by atoms with Gasteiger partial charge >= 0.3 is 0 Å². The van der Waals surface area contributed by atoms with Gasteiger partial charge < -0.3 is 5.32 Å². The van der Waals surface area contributed by atoms with Crippen LogP contribution in [0.25, 0.3) is 0 Å². The Morgan fingerprint density at radius 1 is 1.25 bits per heavy atom. The number of anilines is 1. The van der Waals surface area contributed by atoms with E-state index >= 15 is 0 Å². The Bertz CT molecular complexity index is 972. The lowest BCUT2D eigenvalue weighted by Gasteiger charge is -2.23. The van der Waals surface area contributed by atoms with Gasteiger partial charge in [-0.25, -0.2) is 14.4 Å². The SMILES string of the molecule is Cn1nccc1C(=O)Nc1ccnc(C2CCCN2Cc2ccc(F)cn2)n1. The molecule has 0 bridgehead atoms. The van der Waals surface area contributed by atoms with Crippen LogP contribution in [0.2, 0.25) is 0 Å². The Kier molecular flexibility index (Phi) is 5.07. The maximum atomic E-state index is 13.1. The zero-order valence-electron chi connectivity index (χ0n) is 15.4. The van der Waals surface area contributed by atoms with Crippen LogP contribution in [0.4, 0.5) is 10.2 Å². The first-order valence-electron chi connectivity index (χ1n) is 9.07. The molecule has 1 atom stereocenters. The number of hydrogen-bond acceptors (Lipinski definition) is 6. The molecule has 3 aromatic rings. The molecular formula is C19H20FN7O. The van der Waals surface area contributed by atoms with Crippen molar-refractivity contribution in [3.8, 4) is 0 Å². The summed E-state index contributed by atoms with van der Waals surface area (Å²) < 4.78 is 14.6. The van der Waals surface area contributed by atoms with Gasteiger partial charge in [0.2, 0.25) is 0 Å². The standard InChI is InChI=1S/C19H20FN7O/c1-26-16(6-9-23-26)19(28)25-17-7-8-21-18(24-17)15-3-2-10-27(15)12-14-5-4-13(20)11-22-14/h4-9,11,15H,2-3,10,12H2,1H3,(H,21,24,25,28). The lowest BCUT2D eigenvalue weighted by Crippen LogP contribution is -2.25. The van der Waals surface area contributed by atoms with Crippen molar-refractivity contribution < 1.29 is 9.18 Å². The zero-order chi connectivity index (χ0) is 19.5. The average molecular weight is 381 g/mol. The molecule has 0 aliphatic carbocycles. The normalized spacial score (nSPS) is 17.0. The van der Waals surface area contributed by atoms with E-state index < -0.39 is 0 Å². The molecule has 0 radical (unpaired) electrons. The van der Waals surface area contributed by atoms with Gasteiger partial charge in [0.1, 0.15) is 23.2 Å². The number of rotatable bonds is 5. The maximum Gasteiger partial charge on any atom is 0.275 e. The van der Waals surface area contributed by atoms with Crippen LogP contribution in [0, 0.1) is 5.82 Å². The number of amides is 1. The van der Waals surface area contributed by atoms with Crippen molar-refractivity contribution in [3.63, 3.8) is 0 Å². The van der Waals surface area contributed by atoms with Crippen molar-refractivity contribution in [2.75, 3.05) is 11.9 Å². The number of aryl methyl sites for hydroxylation is 1. The highest BCUT2D eigenvalue weighted by atomic mass is 19.1. The second-order valence-corrected chi connectivity index (χ2v) is 6.69. The number of halogens is 1. The number of aromatic nitrogens is 5. The molecule has 0 saturated carbocycles. The molecule has 0 spiro atoms. The van der Waals surface area contributed by atoms with Crippen molar-refractivity contribution in [1.82, 2.24) is 29.6 Å². The Labute approximate surface area is 161 Å². The largest absolute Gasteiger partial charge is 0.305 e. The molecule has 4 rings (SSSR count). The summed E-state index contributed by atoms with van der Waals surface area (Å²) in [7, 11) is 1.71. The Balaban J connectivity index is 1.49. The van der Waals surface area contributed by atoms with Gasteiger partial charge in [-0.2, -0.15) is 5.10 Å². The van der Waals surface area contributed by atoms with Crippen LogP contribution in [-0.4, -0.2) is 42.1 Å². The molecule has 1 fully saturated rings. The van der Waals surface area contributed by atoms with Gasteiger partial charge in [0.05, 0.1) is 17.9 Å². The fourth-order valence-electron chi connectivity index (χ4n) is 3.40. The van der Waals surface area contributed by atoms with E-state index in [2.05, 4.69) is 30.3 Å². The van der Waals surface area contributed by atoms with E-state index in [9.17, 15) is 9.18 Å². The molecule has 1 unspecified atom stereocenters. The number of likely N-dealkylation sites (tertiary alicyclic amines) is 1. The third kappa shape index (κ3) is 3.89. The van der Waals surface area contributed by atoms with Crippen LogP contribution in [0.15, 0.2) is 42.9 Å². The van der Waals surface area contributed by atoms with Crippen molar-refractivity contribution in [3.05, 3.63) is 65.9 Å². The molecule has 144 valence electrons. The molecule has 1 aliphatic heterocycles. The Morgan fingerprint density at radius 2 is 2.14 bits per heavy atom. The van der Waals surface area contributed by atoms with Gasteiger partial charge in [-0.05, 0) is 43.7 Å². The number of nitrogens with one attached hydrogen (secondary N) is 1. The van der Waals surface area contributed by atoms with E-state index in [-0.39, 0.29) is 17.8 Å². The van der Waals surface area contributed by atoms with Crippen molar-refractivity contribution in [2.45, 2.75) is 25.4 Å². The number of hydrogen-bond donors (Lipinski definition) is 1. The van der Waals surface area contributed by atoms with Gasteiger partial charge in [-0.15, -0.1) is 0 Å². The number of carbonyl (C=O) groups excluding carboxylic acids is 1. The lowest BCUT2D eigenvalue weighted by atomic mass is 10.2. The Hall–Kier alpha value is -3.20. The molecule has 1 saturated heterocycles. The van der Waals surface area contributed by atoms with Crippen LogP contribution >= 0.6 is 0 Å². The average Bonchev–Trinajstić information content (AvgIpc) is 3.33. The molecule has 28 heavy (non-hydrogen) atoms. The first-order valence-corrected chi connectivity index (χ1v) is 9.07. The van der Waals surface area contributed by atoms with Crippen molar-refractivity contribution in [2.24, 2.45) is 7.05 Å². The van der Waals surface area contributed by atoms with Crippen LogP contribution in [0.1, 0.15) is 40.9 Å². The molecule has 9 heteroatoms. The predicted molar refractivity (Wildman–Crippen MR) is 99.8 cm³/mol. The smallest absolute Gasteiger partial charge is 0.275 e. The van der Waals surface area contributed by atoms with E-state index in [0.717, 1.165) is 25.1 Å². The van der Waals surface area contributed by atoms with Crippen molar-refractivity contribution in [1.29, 1.82) is 0 Å². The summed E-state index contributed by atoms with van der Waals surface area (Å²) in [5, 5.41) is 6.80. The number of pyridine rings is 1. The van der Waals surface area contributed by atoms with E-state index in [1.165, 1.54) is 16.9 Å². The number of carbonyl (C=O) groups is 1. The predicted octanol–water partition coefficient (Wildman–Crippen LogP) is 2.33. The fourth-order valence-corrected chi connectivity index (χ4v) is 3.40. The Morgan fingerprint density at radius 3 is 2.89 bits per heavy atom. The van der Waals surface area contributed by atoms with Crippen LogP contribution < -0.4 is 5.32 Å². The summed E-state index contributed by atoms with van der Waals surface area (Å²) >= 11 is 0. The number of nitrogens with zero attached hydrogens (tertiary/aromatic N) is 6. The summed E-state index contributed by atoms with van der Waals surface area (Å²) in [5.74, 6) is 0.482. The third-order valence-corrected chi connectivity index (χ3v) is 4.78. The quantitative estimate of drug-likeness (QED) is 0.730. The minimum atomic E-state index is -0.345. The highest BCUT2D eigenvalue weighted by molar-refractivity contribution is 6.02. The second kappa shape index (κ2) is 7.81. The van der Waals surface area contributed by atoms with E-state index in [1.807, 2.05) is 0 Å². The molecule has 4 heterocycles. The topological polar surface area (TPSA) is 88.8 Å². The highest BCUT2D eigenvalue weighted by Gasteiger charge is 2.28. The molecule has 1 aliphatic rings. The van der Waals surface area contributed by atoms with Gasteiger partial charge in [0.25, 0.3) is 5.91 Å². The third-order valence-electron chi connectivity index (χ3n) is 4.78. The molecular weight excluding hydrogens is 361 g/mol. The minimum Gasteiger partial charge on any atom is -0.305 e. The van der Waals surface area contributed by atoms with E-state index in [4.69, 9.17) is 0 Å². The summed E-state index contributed by atoms with van der Waals surface area (Å²) in [6.45, 7) is 1.48. The summed E-state index contributed by atoms with van der Waals surface area (Å²) in [6, 6.07) is 6.44. The highest BCUT2D eigenvalue weighted by Crippen LogP contribution is 2.31. The first-order chi connectivity index (χ1) is 13.6.